The van der Waals surface area contributed by atoms with E-state index in [-0.39, 0.29) is 0 Å². The van der Waals surface area contributed by atoms with Gasteiger partial charge in [0.1, 0.15) is 5.15 Å². The van der Waals surface area contributed by atoms with Gasteiger partial charge in [-0.2, -0.15) is 0 Å². The molecule has 0 bridgehead atoms. The molecule has 0 fully saturated rings. The molecule has 4 heteroatoms. The third-order valence-electron chi connectivity index (χ3n) is 1.09. The molecule has 0 saturated carbocycles. The number of halogens is 1. The molecule has 9 heavy (non-hydrogen) atoms. The van der Waals surface area contributed by atoms with E-state index in [2.05, 4.69) is 4.98 Å². The van der Waals surface area contributed by atoms with Gasteiger partial charge in [0.25, 0.3) is 0 Å². The summed E-state index contributed by atoms with van der Waals surface area (Å²) in [7, 11) is 1.82. The van der Waals surface area contributed by atoms with Gasteiger partial charge < -0.3 is 5.73 Å². The molecule has 46 valence electrons. The summed E-state index contributed by atoms with van der Waals surface area (Å²) in [6.45, 7) is 0. The van der Waals surface area contributed by atoms with Crippen molar-refractivity contribution in [3.63, 3.8) is 0 Å². The molecule has 0 atom stereocenters. The highest BCUT2D eigenvalue weighted by molar-refractivity contribution is 6.35. The van der Waals surface area contributed by atoms with Gasteiger partial charge in [0.05, 0.1) is 0 Å². The molecule has 0 aliphatic carbocycles. The number of aromatic nitrogens is 1. The monoisotopic (exact) mass is 140 g/mol. The Morgan fingerprint density at radius 1 is 1.56 bits per heavy atom. The quantitative estimate of drug-likeness (QED) is 0.392. The SMILES string of the molecule is Bc1nc(Cl)ccc1N. The van der Waals surface area contributed by atoms with Crippen LogP contribution in [0.2, 0.25) is 5.15 Å². The second-order valence-electron chi connectivity index (χ2n) is 1.81. The van der Waals surface area contributed by atoms with Crippen LogP contribution in [0.3, 0.4) is 0 Å². The molecular formula is C5H6BClN2. The van der Waals surface area contributed by atoms with E-state index in [4.69, 9.17) is 17.3 Å². The van der Waals surface area contributed by atoms with Gasteiger partial charge in [-0.25, -0.2) is 4.98 Å². The third kappa shape index (κ3) is 1.36. The molecule has 0 aliphatic heterocycles. The summed E-state index contributed by atoms with van der Waals surface area (Å²) in [4.78, 5) is 3.91. The summed E-state index contributed by atoms with van der Waals surface area (Å²) in [6.07, 6.45) is 0. The minimum absolute atomic E-state index is 0.488. The molecule has 1 aromatic heterocycles. The highest BCUT2D eigenvalue weighted by atomic mass is 35.5. The second kappa shape index (κ2) is 2.27. The van der Waals surface area contributed by atoms with Crippen LogP contribution < -0.4 is 11.3 Å². The van der Waals surface area contributed by atoms with Gasteiger partial charge in [-0.05, 0) is 12.1 Å². The van der Waals surface area contributed by atoms with Gasteiger partial charge in [0.15, 0.2) is 7.85 Å². The molecule has 0 spiro atoms. The highest BCUT2D eigenvalue weighted by Crippen LogP contribution is 2.02. The Balaban J connectivity index is 3.17. The van der Waals surface area contributed by atoms with Crippen molar-refractivity contribution >= 4 is 30.7 Å². The van der Waals surface area contributed by atoms with Gasteiger partial charge in [0, 0.05) is 11.3 Å². The molecule has 0 aliphatic rings. The van der Waals surface area contributed by atoms with E-state index in [9.17, 15) is 0 Å². The van der Waals surface area contributed by atoms with Crippen LogP contribution in [-0.2, 0) is 0 Å². The molecule has 0 radical (unpaired) electrons. The van der Waals surface area contributed by atoms with Gasteiger partial charge in [-0.15, -0.1) is 0 Å². The molecule has 2 nitrogen and oxygen atoms in total. The standard InChI is InChI=1S/C5H6BClN2/c6-5-3(8)1-2-4(7)9-5/h1-2H,6,8H2. The first-order valence-corrected chi connectivity index (χ1v) is 2.96. The minimum atomic E-state index is 0.488. The summed E-state index contributed by atoms with van der Waals surface area (Å²) in [6, 6.07) is 3.41. The van der Waals surface area contributed by atoms with Crippen molar-refractivity contribution in [3.05, 3.63) is 17.3 Å². The maximum absolute atomic E-state index is 5.55. The molecule has 0 aromatic carbocycles. The lowest BCUT2D eigenvalue weighted by Gasteiger charge is -1.96. The van der Waals surface area contributed by atoms with Crippen molar-refractivity contribution in [1.29, 1.82) is 0 Å². The summed E-state index contributed by atoms with van der Waals surface area (Å²) in [5.41, 5.74) is 6.93. The Hall–Kier alpha value is -0.695. The summed E-state index contributed by atoms with van der Waals surface area (Å²) < 4.78 is 0. The van der Waals surface area contributed by atoms with Crippen LogP contribution in [0.15, 0.2) is 12.1 Å². The van der Waals surface area contributed by atoms with E-state index in [1.807, 2.05) is 7.85 Å². The Kier molecular flexibility index (Phi) is 1.62. The van der Waals surface area contributed by atoms with E-state index in [0.29, 0.717) is 10.8 Å². The van der Waals surface area contributed by atoms with Crippen molar-refractivity contribution in [3.8, 4) is 0 Å². The zero-order chi connectivity index (χ0) is 6.85. The fourth-order valence-corrected chi connectivity index (χ4v) is 0.731. The van der Waals surface area contributed by atoms with Crippen LogP contribution in [-0.4, -0.2) is 12.8 Å². The Bertz CT molecular complexity index is 226. The van der Waals surface area contributed by atoms with Crippen molar-refractivity contribution in [2.45, 2.75) is 0 Å². The van der Waals surface area contributed by atoms with Crippen molar-refractivity contribution in [2.75, 3.05) is 5.73 Å². The molecule has 1 aromatic rings. The number of pyridine rings is 1. The number of nitrogens with zero attached hydrogens (tertiary/aromatic N) is 1. The lowest BCUT2D eigenvalue weighted by Crippen LogP contribution is -2.13. The fourth-order valence-electron chi connectivity index (χ4n) is 0.541. The third-order valence-corrected chi connectivity index (χ3v) is 1.30. The molecule has 0 amide bonds. The molecule has 0 unspecified atom stereocenters. The van der Waals surface area contributed by atoms with E-state index in [1.54, 1.807) is 12.1 Å². The maximum atomic E-state index is 5.55. The fraction of sp³-hybridized carbons (Fsp3) is 0. The van der Waals surface area contributed by atoms with Gasteiger partial charge in [-0.3, -0.25) is 0 Å². The van der Waals surface area contributed by atoms with E-state index >= 15 is 0 Å². The van der Waals surface area contributed by atoms with Crippen molar-refractivity contribution < 1.29 is 0 Å². The predicted molar refractivity (Wildman–Crippen MR) is 41.8 cm³/mol. The number of rotatable bonds is 0. The van der Waals surface area contributed by atoms with Gasteiger partial charge >= 0.3 is 0 Å². The first-order chi connectivity index (χ1) is 4.20. The first-order valence-electron chi connectivity index (χ1n) is 2.59. The number of hydrogen-bond acceptors (Lipinski definition) is 2. The zero-order valence-electron chi connectivity index (χ0n) is 5.06. The van der Waals surface area contributed by atoms with E-state index in [1.165, 1.54) is 0 Å². The average Bonchev–Trinajstić information content (AvgIpc) is 1.80. The first kappa shape index (κ1) is 6.43. The largest absolute Gasteiger partial charge is 0.398 e. The second-order valence-corrected chi connectivity index (χ2v) is 2.20. The van der Waals surface area contributed by atoms with Crippen LogP contribution in [0, 0.1) is 0 Å². The lowest BCUT2D eigenvalue weighted by molar-refractivity contribution is 1.39. The molecule has 1 rings (SSSR count). The van der Waals surface area contributed by atoms with Crippen LogP contribution in [0.4, 0.5) is 5.69 Å². The zero-order valence-corrected chi connectivity index (χ0v) is 5.81. The summed E-state index contributed by atoms with van der Waals surface area (Å²) >= 11 is 5.55. The van der Waals surface area contributed by atoms with Gasteiger partial charge in [0.2, 0.25) is 0 Å². The Morgan fingerprint density at radius 3 is 2.67 bits per heavy atom. The minimum Gasteiger partial charge on any atom is -0.398 e. The Labute approximate surface area is 59.4 Å². The van der Waals surface area contributed by atoms with Crippen molar-refractivity contribution in [2.24, 2.45) is 0 Å². The molecular weight excluding hydrogens is 134 g/mol. The van der Waals surface area contributed by atoms with Crippen LogP contribution >= 0.6 is 11.6 Å². The maximum Gasteiger partial charge on any atom is 0.166 e. The van der Waals surface area contributed by atoms with Crippen LogP contribution in [0.1, 0.15) is 0 Å². The number of hydrogen-bond donors (Lipinski definition) is 1. The normalized spacial score (nSPS) is 9.44. The van der Waals surface area contributed by atoms with E-state index < -0.39 is 0 Å². The molecule has 1 heterocycles. The topological polar surface area (TPSA) is 38.9 Å². The smallest absolute Gasteiger partial charge is 0.166 e. The lowest BCUT2D eigenvalue weighted by atomic mass is 10.0. The number of anilines is 1. The number of nitrogen functional groups attached to an aromatic ring is 1. The average molecular weight is 140 g/mol. The number of nitrogens with two attached hydrogens (primary N) is 1. The van der Waals surface area contributed by atoms with Gasteiger partial charge in [-0.1, -0.05) is 11.6 Å². The summed E-state index contributed by atoms with van der Waals surface area (Å²) in [5.74, 6) is 0. The predicted octanol–water partition coefficient (Wildman–Crippen LogP) is -0.424. The highest BCUT2D eigenvalue weighted by Gasteiger charge is 1.92. The summed E-state index contributed by atoms with van der Waals surface area (Å²) in [5, 5.41) is 0.488. The molecule has 0 saturated heterocycles. The molecule has 2 N–H and O–H groups in total. The van der Waals surface area contributed by atoms with Crippen LogP contribution in [0.5, 0.6) is 0 Å². The van der Waals surface area contributed by atoms with Crippen molar-refractivity contribution in [1.82, 2.24) is 4.98 Å². The Morgan fingerprint density at radius 2 is 2.22 bits per heavy atom. The van der Waals surface area contributed by atoms with E-state index in [0.717, 1.165) is 5.59 Å². The van der Waals surface area contributed by atoms with Crippen LogP contribution in [0.25, 0.3) is 0 Å².